The van der Waals surface area contributed by atoms with E-state index in [0.29, 0.717) is 24.2 Å². The molecule has 1 aliphatic heterocycles. The first kappa shape index (κ1) is 22.6. The molecule has 0 saturated carbocycles. The summed E-state index contributed by atoms with van der Waals surface area (Å²) in [6.45, 7) is 0.657. The van der Waals surface area contributed by atoms with Crippen LogP contribution in [-0.2, 0) is 34.7 Å². The number of imidazole rings is 1. The fraction of sp³-hybridized carbons (Fsp3) is 0.389. The lowest BCUT2D eigenvalue weighted by Gasteiger charge is -2.30. The van der Waals surface area contributed by atoms with E-state index in [-0.39, 0.29) is 35.9 Å². The van der Waals surface area contributed by atoms with Crippen LogP contribution in [0.1, 0.15) is 18.1 Å². The second-order valence-corrected chi connectivity index (χ2v) is 11.2. The van der Waals surface area contributed by atoms with Crippen LogP contribution in [0.2, 0.25) is 0 Å². The first-order valence-corrected chi connectivity index (χ1v) is 13.3. The minimum absolute atomic E-state index is 0.0192. The van der Waals surface area contributed by atoms with Gasteiger partial charge in [0, 0.05) is 19.2 Å². The van der Waals surface area contributed by atoms with Crippen LogP contribution in [-0.4, -0.2) is 53.8 Å². The van der Waals surface area contributed by atoms with Gasteiger partial charge in [0.1, 0.15) is 6.35 Å². The Hall–Kier alpha value is -2.57. The van der Waals surface area contributed by atoms with Gasteiger partial charge in [-0.2, -0.15) is 4.98 Å². The second-order valence-electron chi connectivity index (χ2n) is 7.27. The van der Waals surface area contributed by atoms with Crippen LogP contribution in [0.3, 0.4) is 0 Å². The van der Waals surface area contributed by atoms with Crippen LogP contribution < -0.4 is 11.3 Å². The molecule has 1 aromatic carbocycles. The average Bonchev–Trinajstić information content (AvgIpc) is 3.14. The Morgan fingerprint density at radius 3 is 2.81 bits per heavy atom. The summed E-state index contributed by atoms with van der Waals surface area (Å²) in [7, 11) is -6.81. The molecule has 2 aromatic heterocycles. The average molecular weight is 483 g/mol. The summed E-state index contributed by atoms with van der Waals surface area (Å²) in [5.74, 6) is -0.0192. The molecule has 1 saturated heterocycles. The molecule has 2 unspecified atom stereocenters. The van der Waals surface area contributed by atoms with Gasteiger partial charge in [0.2, 0.25) is 5.95 Å². The number of H-pyrrole nitrogens is 1. The number of anilines is 1. The molecule has 3 N–H and O–H groups in total. The van der Waals surface area contributed by atoms with Gasteiger partial charge in [-0.3, -0.25) is 18.9 Å². The van der Waals surface area contributed by atoms with Crippen molar-refractivity contribution >= 4 is 34.5 Å². The minimum atomic E-state index is -3.51. The number of benzene rings is 1. The van der Waals surface area contributed by atoms with Crippen molar-refractivity contribution in [1.82, 2.24) is 19.5 Å². The third kappa shape index (κ3) is 4.92. The van der Waals surface area contributed by atoms with Crippen molar-refractivity contribution in [2.75, 3.05) is 31.6 Å². The third-order valence-electron chi connectivity index (χ3n) is 4.85. The van der Waals surface area contributed by atoms with E-state index < -0.39 is 29.1 Å². The fourth-order valence-corrected chi connectivity index (χ4v) is 5.45. The van der Waals surface area contributed by atoms with E-state index >= 15 is 0 Å². The Morgan fingerprint density at radius 1 is 1.34 bits per heavy atom. The maximum Gasteiger partial charge on any atom is 0.356 e. The SMILES string of the molecule is CS(=O)(=O)c1ccc(C2CCOP(=O)(COCCn3cnc4c(=O)[nH]c(N)nc43)O2)cc1. The first-order chi connectivity index (χ1) is 15.1. The Morgan fingerprint density at radius 2 is 2.09 bits per heavy atom. The van der Waals surface area contributed by atoms with Crippen molar-refractivity contribution in [3.05, 3.63) is 46.5 Å². The van der Waals surface area contributed by atoms with Gasteiger partial charge < -0.3 is 19.6 Å². The minimum Gasteiger partial charge on any atom is -0.369 e. The number of fused-ring (bicyclic) bond motifs is 1. The van der Waals surface area contributed by atoms with Crippen molar-refractivity contribution in [2.45, 2.75) is 24.0 Å². The summed E-state index contributed by atoms with van der Waals surface area (Å²) < 4.78 is 54.3. The predicted octanol–water partition coefficient (Wildman–Crippen LogP) is 1.45. The van der Waals surface area contributed by atoms with Crippen LogP contribution >= 0.6 is 7.60 Å². The van der Waals surface area contributed by atoms with E-state index in [9.17, 15) is 17.8 Å². The number of ether oxygens (including phenoxy) is 1. The molecule has 172 valence electrons. The largest absolute Gasteiger partial charge is 0.369 e. The zero-order valence-electron chi connectivity index (χ0n) is 17.1. The number of nitrogens with two attached hydrogens (primary N) is 1. The fourth-order valence-electron chi connectivity index (χ4n) is 3.27. The maximum absolute atomic E-state index is 12.9. The van der Waals surface area contributed by atoms with E-state index in [0.717, 1.165) is 6.26 Å². The molecule has 1 fully saturated rings. The number of aromatic nitrogens is 4. The van der Waals surface area contributed by atoms with Crippen LogP contribution in [0.5, 0.6) is 0 Å². The molecule has 3 heterocycles. The normalized spacial score (nSPS) is 21.7. The van der Waals surface area contributed by atoms with E-state index in [1.54, 1.807) is 16.7 Å². The van der Waals surface area contributed by atoms with E-state index in [1.807, 2.05) is 0 Å². The number of hydrogen-bond acceptors (Lipinski definition) is 10. The zero-order chi connectivity index (χ0) is 22.9. The van der Waals surface area contributed by atoms with Crippen LogP contribution in [0.15, 0.2) is 40.3 Å². The monoisotopic (exact) mass is 483 g/mol. The summed E-state index contributed by atoms with van der Waals surface area (Å²) in [6, 6.07) is 6.27. The van der Waals surface area contributed by atoms with Gasteiger partial charge in [0.25, 0.3) is 5.56 Å². The number of nitrogens with one attached hydrogen (secondary N) is 1. The Kier molecular flexibility index (Phi) is 6.19. The third-order valence-corrected chi connectivity index (χ3v) is 7.63. The highest BCUT2D eigenvalue weighted by atomic mass is 32.2. The molecule has 0 radical (unpaired) electrons. The molecule has 0 aliphatic carbocycles. The molecule has 32 heavy (non-hydrogen) atoms. The summed E-state index contributed by atoms with van der Waals surface area (Å²) in [4.78, 5) is 22.5. The van der Waals surface area contributed by atoms with Crippen LogP contribution in [0, 0.1) is 0 Å². The van der Waals surface area contributed by atoms with Crippen molar-refractivity contribution < 1.29 is 26.8 Å². The van der Waals surface area contributed by atoms with Crippen LogP contribution in [0.25, 0.3) is 11.2 Å². The Labute approximate surface area is 183 Å². The molecule has 1 aliphatic rings. The number of nitrogens with zero attached hydrogens (tertiary/aromatic N) is 3. The van der Waals surface area contributed by atoms with E-state index in [2.05, 4.69) is 15.0 Å². The summed E-state index contributed by atoms with van der Waals surface area (Å²) in [5, 5.41) is 0. The van der Waals surface area contributed by atoms with Gasteiger partial charge in [-0.05, 0) is 17.7 Å². The molecule has 3 aromatic rings. The smallest absolute Gasteiger partial charge is 0.356 e. The summed E-state index contributed by atoms with van der Waals surface area (Å²) in [6.07, 6.45) is 2.30. The predicted molar refractivity (Wildman–Crippen MR) is 115 cm³/mol. The lowest BCUT2D eigenvalue weighted by atomic mass is 10.1. The van der Waals surface area contributed by atoms with Crippen molar-refractivity contribution in [1.29, 1.82) is 0 Å². The highest BCUT2D eigenvalue weighted by molar-refractivity contribution is 7.90. The van der Waals surface area contributed by atoms with Gasteiger partial charge in [-0.1, -0.05) is 12.1 Å². The molecule has 12 nitrogen and oxygen atoms in total. The number of rotatable bonds is 7. The Balaban J connectivity index is 1.35. The van der Waals surface area contributed by atoms with Gasteiger partial charge >= 0.3 is 7.60 Å². The van der Waals surface area contributed by atoms with E-state index in [4.69, 9.17) is 19.5 Å². The highest BCUT2D eigenvalue weighted by Crippen LogP contribution is 2.55. The number of aromatic amines is 1. The molecule has 4 rings (SSSR count). The van der Waals surface area contributed by atoms with Crippen molar-refractivity contribution in [3.63, 3.8) is 0 Å². The topological polar surface area (TPSA) is 168 Å². The first-order valence-electron chi connectivity index (χ1n) is 9.65. The van der Waals surface area contributed by atoms with E-state index in [1.165, 1.54) is 18.5 Å². The highest BCUT2D eigenvalue weighted by Gasteiger charge is 2.34. The molecule has 2 atom stereocenters. The number of hydrogen-bond donors (Lipinski definition) is 2. The molecular weight excluding hydrogens is 461 g/mol. The van der Waals surface area contributed by atoms with Crippen molar-refractivity contribution in [2.24, 2.45) is 0 Å². The molecular formula is C18H22N5O7PS. The Bertz CT molecular complexity index is 1340. The van der Waals surface area contributed by atoms with Gasteiger partial charge in [0.05, 0.1) is 30.5 Å². The molecule has 14 heteroatoms. The molecule has 0 spiro atoms. The number of nitrogen functional groups attached to an aromatic ring is 1. The summed E-state index contributed by atoms with van der Waals surface area (Å²) in [5.41, 5.74) is 6.33. The maximum atomic E-state index is 12.9. The quantitative estimate of drug-likeness (QED) is 0.370. The van der Waals surface area contributed by atoms with Gasteiger partial charge in [-0.15, -0.1) is 0 Å². The van der Waals surface area contributed by atoms with Gasteiger partial charge in [0.15, 0.2) is 21.0 Å². The van der Waals surface area contributed by atoms with Gasteiger partial charge in [-0.25, -0.2) is 13.4 Å². The second kappa shape index (κ2) is 8.75. The summed E-state index contributed by atoms with van der Waals surface area (Å²) >= 11 is 0. The lowest BCUT2D eigenvalue weighted by molar-refractivity contribution is 0.0563. The molecule has 0 bridgehead atoms. The van der Waals surface area contributed by atoms with Crippen molar-refractivity contribution in [3.8, 4) is 0 Å². The van der Waals surface area contributed by atoms with Crippen LogP contribution in [0.4, 0.5) is 5.95 Å². The molecule has 0 amide bonds. The number of sulfone groups is 1. The lowest BCUT2D eigenvalue weighted by Crippen LogP contribution is -2.17. The zero-order valence-corrected chi connectivity index (χ0v) is 18.8. The standard InChI is InChI=1S/C18H22N5O7PS/c1-32(26,27)13-4-2-12(3-5-13)14-6-8-29-31(25,30-14)11-28-9-7-23-10-20-15-16(23)21-18(19)22-17(15)24/h2-5,10,14H,6-9,11H2,1H3,(H3,19,21,22,24).